The highest BCUT2D eigenvalue weighted by atomic mass is 32.1. The Morgan fingerprint density at radius 3 is 2.96 bits per heavy atom. The highest BCUT2D eigenvalue weighted by molar-refractivity contribution is 7.10. The third-order valence-electron chi connectivity index (χ3n) is 5.71. The lowest BCUT2D eigenvalue weighted by molar-refractivity contribution is 0.0298. The molecule has 146 valence electrons. The van der Waals surface area contributed by atoms with Crippen LogP contribution < -0.4 is 0 Å². The maximum atomic E-state index is 13.3. The van der Waals surface area contributed by atoms with E-state index in [1.807, 2.05) is 41.5 Å². The van der Waals surface area contributed by atoms with E-state index >= 15 is 0 Å². The number of morpholine rings is 1. The molecule has 0 radical (unpaired) electrons. The van der Waals surface area contributed by atoms with E-state index in [1.54, 1.807) is 0 Å². The molecule has 0 saturated carbocycles. The van der Waals surface area contributed by atoms with Crippen molar-refractivity contribution in [2.24, 2.45) is 0 Å². The number of carbonyl (C=O) groups is 1. The topological polar surface area (TPSA) is 50.1 Å². The van der Waals surface area contributed by atoms with Crippen LogP contribution in [0.25, 0.3) is 5.65 Å². The predicted octanol–water partition coefficient (Wildman–Crippen LogP) is 2.73. The first-order chi connectivity index (χ1) is 13.7. The Kier molecular flexibility index (Phi) is 4.66. The van der Waals surface area contributed by atoms with E-state index in [9.17, 15) is 4.79 Å². The smallest absolute Gasteiger partial charge is 0.274 e. The molecule has 0 bridgehead atoms. The first-order valence-corrected chi connectivity index (χ1v) is 10.7. The van der Waals surface area contributed by atoms with Crippen LogP contribution >= 0.6 is 11.3 Å². The molecule has 0 N–H and O–H groups in total. The summed E-state index contributed by atoms with van der Waals surface area (Å²) >= 11 is 1.85. The normalized spacial score (nSPS) is 17.8. The van der Waals surface area contributed by atoms with Gasteiger partial charge in [0.15, 0.2) is 5.69 Å². The van der Waals surface area contributed by atoms with E-state index in [-0.39, 0.29) is 5.91 Å². The first kappa shape index (κ1) is 17.8. The van der Waals surface area contributed by atoms with Crippen LogP contribution in [0.2, 0.25) is 0 Å². The van der Waals surface area contributed by atoms with Gasteiger partial charge in [-0.2, -0.15) is 0 Å². The van der Waals surface area contributed by atoms with E-state index in [2.05, 4.69) is 20.7 Å². The van der Waals surface area contributed by atoms with Gasteiger partial charge in [-0.1, -0.05) is 6.07 Å². The van der Waals surface area contributed by atoms with Gasteiger partial charge < -0.3 is 14.0 Å². The molecule has 3 aromatic rings. The number of hydrogen-bond acceptors (Lipinski definition) is 5. The Labute approximate surface area is 168 Å². The molecule has 0 spiro atoms. The molecular formula is C21H24N4O2S. The van der Waals surface area contributed by atoms with E-state index in [1.165, 1.54) is 10.4 Å². The largest absolute Gasteiger partial charge is 0.378 e. The molecule has 6 nitrogen and oxygen atoms in total. The molecule has 1 fully saturated rings. The van der Waals surface area contributed by atoms with Crippen molar-refractivity contribution in [3.05, 3.63) is 57.2 Å². The summed E-state index contributed by atoms with van der Waals surface area (Å²) in [7, 11) is 0. The standard InChI is InChI=1S/C21H24N4O2S/c1-15-3-2-6-25-17(14-23-7-4-18-16(13-23)5-12-28-18)19(22-20(15)25)21(26)24-8-10-27-11-9-24/h2-3,5-6,12H,4,7-11,13-14H2,1H3. The quantitative estimate of drug-likeness (QED) is 0.683. The monoisotopic (exact) mass is 396 g/mol. The summed E-state index contributed by atoms with van der Waals surface area (Å²) in [5.74, 6) is 0.0228. The summed E-state index contributed by atoms with van der Waals surface area (Å²) in [6.07, 6.45) is 3.11. The number of aromatic nitrogens is 2. The molecule has 2 aliphatic rings. The zero-order chi connectivity index (χ0) is 19.1. The second-order valence-corrected chi connectivity index (χ2v) is 8.53. The minimum Gasteiger partial charge on any atom is -0.378 e. The van der Waals surface area contributed by atoms with Crippen LogP contribution in [-0.2, 0) is 24.2 Å². The van der Waals surface area contributed by atoms with Crippen molar-refractivity contribution in [2.75, 3.05) is 32.8 Å². The average Bonchev–Trinajstić information content (AvgIpc) is 3.34. The number of pyridine rings is 1. The third-order valence-corrected chi connectivity index (χ3v) is 6.73. The molecule has 28 heavy (non-hydrogen) atoms. The highest BCUT2D eigenvalue weighted by Gasteiger charge is 2.27. The Morgan fingerprint density at radius 1 is 1.25 bits per heavy atom. The van der Waals surface area contributed by atoms with Gasteiger partial charge in [-0.15, -0.1) is 11.3 Å². The van der Waals surface area contributed by atoms with Crippen molar-refractivity contribution in [2.45, 2.75) is 26.4 Å². The highest BCUT2D eigenvalue weighted by Crippen LogP contribution is 2.26. The maximum absolute atomic E-state index is 13.3. The Bertz CT molecular complexity index is 1020. The number of carbonyl (C=O) groups excluding carboxylic acids is 1. The molecule has 7 heteroatoms. The zero-order valence-electron chi connectivity index (χ0n) is 16.1. The summed E-state index contributed by atoms with van der Waals surface area (Å²) < 4.78 is 7.52. The second kappa shape index (κ2) is 7.31. The van der Waals surface area contributed by atoms with Crippen LogP contribution in [0.1, 0.15) is 32.2 Å². The van der Waals surface area contributed by atoms with Crippen molar-refractivity contribution in [1.82, 2.24) is 19.2 Å². The number of aryl methyl sites for hydroxylation is 1. The predicted molar refractivity (Wildman–Crippen MR) is 109 cm³/mol. The summed E-state index contributed by atoms with van der Waals surface area (Å²) in [4.78, 5) is 23.9. The number of thiophene rings is 1. The second-order valence-electron chi connectivity index (χ2n) is 7.53. The summed E-state index contributed by atoms with van der Waals surface area (Å²) in [6.45, 7) is 7.18. The average molecular weight is 397 g/mol. The first-order valence-electron chi connectivity index (χ1n) is 9.82. The van der Waals surface area contributed by atoms with Crippen molar-refractivity contribution >= 4 is 22.9 Å². The van der Waals surface area contributed by atoms with Gasteiger partial charge in [0.25, 0.3) is 5.91 Å². The van der Waals surface area contributed by atoms with Crippen molar-refractivity contribution in [1.29, 1.82) is 0 Å². The van der Waals surface area contributed by atoms with Gasteiger partial charge in [0.2, 0.25) is 0 Å². The number of amides is 1. The minimum absolute atomic E-state index is 0.0228. The van der Waals surface area contributed by atoms with Gasteiger partial charge in [0.1, 0.15) is 5.65 Å². The summed E-state index contributed by atoms with van der Waals surface area (Å²) in [6, 6.07) is 6.31. The molecule has 0 unspecified atom stereocenters. The Morgan fingerprint density at radius 2 is 2.11 bits per heavy atom. The SMILES string of the molecule is Cc1cccn2c(CN3CCc4sccc4C3)c(C(=O)N3CCOCC3)nc12. The Balaban J connectivity index is 1.51. The number of rotatable bonds is 3. The van der Waals surface area contributed by atoms with Crippen molar-refractivity contribution in [3.63, 3.8) is 0 Å². The van der Waals surface area contributed by atoms with Gasteiger partial charge in [-0.3, -0.25) is 9.69 Å². The van der Waals surface area contributed by atoms with E-state index in [4.69, 9.17) is 9.72 Å². The van der Waals surface area contributed by atoms with Gasteiger partial charge in [0.05, 0.1) is 18.9 Å². The lowest BCUT2D eigenvalue weighted by atomic mass is 10.1. The molecule has 5 heterocycles. The molecule has 0 atom stereocenters. The number of ether oxygens (including phenoxy) is 1. The van der Waals surface area contributed by atoms with Crippen molar-refractivity contribution in [3.8, 4) is 0 Å². The lowest BCUT2D eigenvalue weighted by Gasteiger charge is -2.28. The summed E-state index contributed by atoms with van der Waals surface area (Å²) in [5, 5.41) is 2.18. The van der Waals surface area contributed by atoms with Crippen LogP contribution in [0.3, 0.4) is 0 Å². The molecule has 3 aromatic heterocycles. The molecule has 2 aliphatic heterocycles. The number of nitrogens with zero attached hydrogens (tertiary/aromatic N) is 4. The van der Waals surface area contributed by atoms with E-state index in [0.29, 0.717) is 32.0 Å². The van der Waals surface area contributed by atoms with Crippen LogP contribution in [0.4, 0.5) is 0 Å². The number of fused-ring (bicyclic) bond motifs is 2. The molecule has 1 amide bonds. The lowest BCUT2D eigenvalue weighted by Crippen LogP contribution is -2.41. The molecule has 1 saturated heterocycles. The van der Waals surface area contributed by atoms with Gasteiger partial charge in [-0.25, -0.2) is 4.98 Å². The number of hydrogen-bond donors (Lipinski definition) is 0. The molecule has 0 aliphatic carbocycles. The number of imidazole rings is 1. The van der Waals surface area contributed by atoms with Crippen LogP contribution in [0.15, 0.2) is 29.8 Å². The Hall–Kier alpha value is -2.22. The molecule has 0 aromatic carbocycles. The van der Waals surface area contributed by atoms with E-state index in [0.717, 1.165) is 43.0 Å². The fourth-order valence-electron chi connectivity index (χ4n) is 4.15. The van der Waals surface area contributed by atoms with Crippen molar-refractivity contribution < 1.29 is 9.53 Å². The molecule has 5 rings (SSSR count). The van der Waals surface area contributed by atoms with Gasteiger partial charge in [0, 0.05) is 43.8 Å². The molecular weight excluding hydrogens is 372 g/mol. The van der Waals surface area contributed by atoms with Crippen LogP contribution in [-0.4, -0.2) is 57.9 Å². The van der Waals surface area contributed by atoms with Crippen LogP contribution in [0.5, 0.6) is 0 Å². The maximum Gasteiger partial charge on any atom is 0.274 e. The van der Waals surface area contributed by atoms with Crippen LogP contribution in [0, 0.1) is 6.92 Å². The third kappa shape index (κ3) is 3.13. The van der Waals surface area contributed by atoms with Gasteiger partial charge in [-0.05, 0) is 42.0 Å². The minimum atomic E-state index is 0.0228. The fourth-order valence-corrected chi connectivity index (χ4v) is 5.03. The zero-order valence-corrected chi connectivity index (χ0v) is 16.9. The fraction of sp³-hybridized carbons (Fsp3) is 0.429. The van der Waals surface area contributed by atoms with E-state index < -0.39 is 0 Å². The van der Waals surface area contributed by atoms with Gasteiger partial charge >= 0.3 is 0 Å². The summed E-state index contributed by atoms with van der Waals surface area (Å²) in [5.41, 5.74) is 4.97.